The van der Waals surface area contributed by atoms with E-state index in [1.807, 2.05) is 12.1 Å². The molecule has 0 fully saturated rings. The van der Waals surface area contributed by atoms with Gasteiger partial charge in [0, 0.05) is 6.07 Å². The second kappa shape index (κ2) is 7.99. The van der Waals surface area contributed by atoms with E-state index in [9.17, 15) is 5.11 Å². The Morgan fingerprint density at radius 3 is 2.53 bits per heavy atom. The van der Waals surface area contributed by atoms with Crippen molar-refractivity contribution in [1.29, 1.82) is 0 Å². The Morgan fingerprint density at radius 1 is 1.06 bits per heavy atom. The van der Waals surface area contributed by atoms with Crippen LogP contribution in [0.25, 0.3) is 0 Å². The maximum Gasteiger partial charge on any atom is 0.122 e. The van der Waals surface area contributed by atoms with Gasteiger partial charge < -0.3 is 9.84 Å². The van der Waals surface area contributed by atoms with Crippen LogP contribution in [0.15, 0.2) is 18.2 Å². The van der Waals surface area contributed by atoms with Crippen molar-refractivity contribution in [3.63, 3.8) is 0 Å². The summed E-state index contributed by atoms with van der Waals surface area (Å²) >= 11 is 0. The number of benzene rings is 1. The van der Waals surface area contributed by atoms with E-state index in [2.05, 4.69) is 13.8 Å². The molecule has 1 rings (SSSR count). The van der Waals surface area contributed by atoms with E-state index < -0.39 is 0 Å². The van der Waals surface area contributed by atoms with E-state index in [4.69, 9.17) is 4.74 Å². The second-order valence-electron chi connectivity index (χ2n) is 4.45. The molecule has 0 saturated heterocycles. The summed E-state index contributed by atoms with van der Waals surface area (Å²) in [4.78, 5) is 0. The van der Waals surface area contributed by atoms with E-state index in [1.165, 1.54) is 19.3 Å². The third kappa shape index (κ3) is 5.12. The first-order valence-corrected chi connectivity index (χ1v) is 6.72. The molecule has 0 aliphatic heterocycles. The molecule has 0 aliphatic carbocycles. The highest BCUT2D eigenvalue weighted by Gasteiger charge is 2.03. The number of aryl methyl sites for hydroxylation is 1. The molecule has 1 N–H and O–H groups in total. The van der Waals surface area contributed by atoms with Crippen LogP contribution in [-0.4, -0.2) is 11.7 Å². The second-order valence-corrected chi connectivity index (χ2v) is 4.45. The number of phenols is 1. The maximum atomic E-state index is 9.87. The minimum absolute atomic E-state index is 0.370. The van der Waals surface area contributed by atoms with Gasteiger partial charge in [-0.25, -0.2) is 0 Å². The van der Waals surface area contributed by atoms with Gasteiger partial charge in [-0.3, -0.25) is 0 Å². The highest BCUT2D eigenvalue weighted by molar-refractivity contribution is 5.39. The molecule has 0 radical (unpaired) electrons. The minimum Gasteiger partial charge on any atom is -0.508 e. The maximum absolute atomic E-state index is 9.87. The van der Waals surface area contributed by atoms with E-state index in [1.54, 1.807) is 6.07 Å². The zero-order chi connectivity index (χ0) is 12.5. The first-order valence-electron chi connectivity index (χ1n) is 6.72. The standard InChI is InChI=1S/C15H24O2/c1-3-5-6-7-8-13-9-10-14(12-15(13)16)17-11-4-2/h9-10,12,16H,3-8,11H2,1-2H3. The molecular formula is C15H24O2. The largest absolute Gasteiger partial charge is 0.508 e. The van der Waals surface area contributed by atoms with Crippen LogP contribution in [0.5, 0.6) is 11.5 Å². The van der Waals surface area contributed by atoms with Crippen LogP contribution >= 0.6 is 0 Å². The quantitative estimate of drug-likeness (QED) is 0.682. The lowest BCUT2D eigenvalue weighted by Gasteiger charge is -2.08. The van der Waals surface area contributed by atoms with E-state index in [0.717, 1.165) is 30.6 Å². The molecule has 1 aromatic rings. The Kier molecular flexibility index (Phi) is 6.53. The number of rotatable bonds is 8. The molecule has 0 amide bonds. The van der Waals surface area contributed by atoms with Gasteiger partial charge in [0.15, 0.2) is 0 Å². The van der Waals surface area contributed by atoms with Crippen molar-refractivity contribution in [2.24, 2.45) is 0 Å². The third-order valence-electron chi connectivity index (χ3n) is 2.83. The molecule has 0 atom stereocenters. The van der Waals surface area contributed by atoms with Gasteiger partial charge in [0.2, 0.25) is 0 Å². The fourth-order valence-corrected chi connectivity index (χ4v) is 1.81. The number of hydrogen-bond acceptors (Lipinski definition) is 2. The normalized spacial score (nSPS) is 10.5. The lowest BCUT2D eigenvalue weighted by atomic mass is 10.1. The van der Waals surface area contributed by atoms with Gasteiger partial charge >= 0.3 is 0 Å². The van der Waals surface area contributed by atoms with Crippen molar-refractivity contribution in [3.05, 3.63) is 23.8 Å². The average Bonchev–Trinajstić information content (AvgIpc) is 2.34. The third-order valence-corrected chi connectivity index (χ3v) is 2.83. The van der Waals surface area contributed by atoms with Crippen molar-refractivity contribution >= 4 is 0 Å². The SMILES string of the molecule is CCCCCCc1ccc(OCCC)cc1O. The zero-order valence-corrected chi connectivity index (χ0v) is 11.0. The van der Waals surface area contributed by atoms with Crippen LogP contribution in [0.4, 0.5) is 0 Å². The predicted octanol–water partition coefficient (Wildman–Crippen LogP) is 4.30. The lowest BCUT2D eigenvalue weighted by Crippen LogP contribution is -1.95. The molecule has 0 heterocycles. The fourth-order valence-electron chi connectivity index (χ4n) is 1.81. The number of aromatic hydroxyl groups is 1. The van der Waals surface area contributed by atoms with Crippen molar-refractivity contribution in [3.8, 4) is 11.5 Å². The molecule has 0 spiro atoms. The Hall–Kier alpha value is -1.18. The van der Waals surface area contributed by atoms with Gasteiger partial charge in [0.25, 0.3) is 0 Å². The van der Waals surface area contributed by atoms with Crippen LogP contribution in [0.2, 0.25) is 0 Å². The Labute approximate surface area is 105 Å². The fraction of sp³-hybridized carbons (Fsp3) is 0.600. The number of ether oxygens (including phenoxy) is 1. The average molecular weight is 236 g/mol. The summed E-state index contributed by atoms with van der Waals surface area (Å²) in [5.41, 5.74) is 1.03. The van der Waals surface area contributed by atoms with Crippen molar-refractivity contribution in [1.82, 2.24) is 0 Å². The number of unbranched alkanes of at least 4 members (excludes halogenated alkanes) is 3. The van der Waals surface area contributed by atoms with Gasteiger partial charge in [-0.05, 0) is 30.9 Å². The predicted molar refractivity (Wildman–Crippen MR) is 71.7 cm³/mol. The molecule has 96 valence electrons. The summed E-state index contributed by atoms with van der Waals surface area (Å²) in [6.07, 6.45) is 6.86. The minimum atomic E-state index is 0.370. The zero-order valence-electron chi connectivity index (χ0n) is 11.0. The summed E-state index contributed by atoms with van der Waals surface area (Å²) in [5.74, 6) is 1.14. The topological polar surface area (TPSA) is 29.5 Å². The van der Waals surface area contributed by atoms with Crippen LogP contribution < -0.4 is 4.74 Å². The van der Waals surface area contributed by atoms with Crippen LogP contribution in [0.3, 0.4) is 0 Å². The molecular weight excluding hydrogens is 212 g/mol. The summed E-state index contributed by atoms with van der Waals surface area (Å²) in [5, 5.41) is 9.87. The Bertz CT molecular complexity index is 321. The van der Waals surface area contributed by atoms with E-state index in [0.29, 0.717) is 12.4 Å². The van der Waals surface area contributed by atoms with Crippen molar-refractivity contribution < 1.29 is 9.84 Å². The molecule has 1 aromatic carbocycles. The van der Waals surface area contributed by atoms with Gasteiger partial charge in [0.1, 0.15) is 11.5 Å². The summed E-state index contributed by atoms with van der Waals surface area (Å²) in [7, 11) is 0. The molecule has 0 aliphatic rings. The number of phenolic OH excluding ortho intramolecular Hbond substituents is 1. The summed E-state index contributed by atoms with van der Waals surface area (Å²) in [6.45, 7) is 4.98. The molecule has 0 bridgehead atoms. The highest BCUT2D eigenvalue weighted by atomic mass is 16.5. The smallest absolute Gasteiger partial charge is 0.122 e. The highest BCUT2D eigenvalue weighted by Crippen LogP contribution is 2.25. The van der Waals surface area contributed by atoms with Crippen molar-refractivity contribution in [2.75, 3.05) is 6.61 Å². The Balaban J connectivity index is 2.45. The molecule has 17 heavy (non-hydrogen) atoms. The number of hydrogen-bond donors (Lipinski definition) is 1. The molecule has 0 saturated carbocycles. The van der Waals surface area contributed by atoms with E-state index >= 15 is 0 Å². The van der Waals surface area contributed by atoms with Crippen LogP contribution in [-0.2, 0) is 6.42 Å². The van der Waals surface area contributed by atoms with Gasteiger partial charge in [0.05, 0.1) is 6.61 Å². The monoisotopic (exact) mass is 236 g/mol. The molecule has 2 nitrogen and oxygen atoms in total. The summed E-state index contributed by atoms with van der Waals surface area (Å²) < 4.78 is 5.47. The van der Waals surface area contributed by atoms with Crippen LogP contribution in [0.1, 0.15) is 51.5 Å². The Morgan fingerprint density at radius 2 is 1.88 bits per heavy atom. The van der Waals surface area contributed by atoms with Crippen LogP contribution in [0, 0.1) is 0 Å². The van der Waals surface area contributed by atoms with Gasteiger partial charge in [-0.1, -0.05) is 39.2 Å². The molecule has 2 heteroatoms. The molecule has 0 aromatic heterocycles. The van der Waals surface area contributed by atoms with Crippen molar-refractivity contribution in [2.45, 2.75) is 52.4 Å². The van der Waals surface area contributed by atoms with Gasteiger partial charge in [-0.15, -0.1) is 0 Å². The van der Waals surface area contributed by atoms with E-state index in [-0.39, 0.29) is 0 Å². The first kappa shape index (κ1) is 13.9. The summed E-state index contributed by atoms with van der Waals surface area (Å²) in [6, 6.07) is 5.65. The molecule has 0 unspecified atom stereocenters. The van der Waals surface area contributed by atoms with Gasteiger partial charge in [-0.2, -0.15) is 0 Å². The lowest BCUT2D eigenvalue weighted by molar-refractivity contribution is 0.315. The first-order chi connectivity index (χ1) is 8.27.